The van der Waals surface area contributed by atoms with E-state index in [9.17, 15) is 0 Å². The Hall–Kier alpha value is -0.940. The lowest BCUT2D eigenvalue weighted by molar-refractivity contribution is 0.0659. The van der Waals surface area contributed by atoms with Gasteiger partial charge in [-0.3, -0.25) is 0 Å². The lowest BCUT2D eigenvalue weighted by Crippen LogP contribution is -2.34. The van der Waals surface area contributed by atoms with Crippen molar-refractivity contribution in [3.8, 4) is 0 Å². The smallest absolute Gasteiger partial charge is 0.246 e. The minimum atomic E-state index is 0.0712. The highest BCUT2D eigenvalue weighted by Gasteiger charge is 2.21. The number of aromatic nitrogens is 2. The molecule has 0 bridgehead atoms. The molecule has 0 aliphatic carbocycles. The number of nitrogens with zero attached hydrogens (tertiary/aromatic N) is 2. The maximum absolute atomic E-state index is 5.32. The molecule has 78 valence electrons. The monoisotopic (exact) mass is 197 g/mol. The Morgan fingerprint density at radius 3 is 3.21 bits per heavy atom. The van der Waals surface area contributed by atoms with Gasteiger partial charge in [-0.1, -0.05) is 12.1 Å². The molecule has 5 nitrogen and oxygen atoms in total. The molecule has 5 heteroatoms. The molecule has 2 rings (SSSR count). The Morgan fingerprint density at radius 1 is 1.57 bits per heavy atom. The van der Waals surface area contributed by atoms with Gasteiger partial charge < -0.3 is 14.6 Å². The quantitative estimate of drug-likeness (QED) is 0.772. The van der Waals surface area contributed by atoms with Gasteiger partial charge in [0, 0.05) is 13.0 Å². The summed E-state index contributed by atoms with van der Waals surface area (Å²) in [6.45, 7) is 4.31. The first-order valence-electron chi connectivity index (χ1n) is 5.03. The Labute approximate surface area is 82.8 Å². The molecule has 2 heterocycles. The van der Waals surface area contributed by atoms with Crippen molar-refractivity contribution in [2.24, 2.45) is 0 Å². The summed E-state index contributed by atoms with van der Waals surface area (Å²) < 4.78 is 10.5. The van der Waals surface area contributed by atoms with Crippen molar-refractivity contribution in [1.29, 1.82) is 0 Å². The van der Waals surface area contributed by atoms with Gasteiger partial charge in [-0.25, -0.2) is 0 Å². The van der Waals surface area contributed by atoms with Gasteiger partial charge in [0.1, 0.15) is 6.04 Å². The molecule has 1 aliphatic heterocycles. The zero-order valence-corrected chi connectivity index (χ0v) is 8.32. The van der Waals surface area contributed by atoms with E-state index in [4.69, 9.17) is 9.26 Å². The number of ether oxygens (including phenoxy) is 1. The predicted octanol–water partition coefficient (Wildman–Crippen LogP) is 0.683. The summed E-state index contributed by atoms with van der Waals surface area (Å²) in [6, 6.07) is 0.0712. The molecule has 1 N–H and O–H groups in total. The summed E-state index contributed by atoms with van der Waals surface area (Å²) in [7, 11) is 0. The van der Waals surface area contributed by atoms with Gasteiger partial charge in [-0.15, -0.1) is 0 Å². The first-order valence-corrected chi connectivity index (χ1v) is 5.03. The van der Waals surface area contributed by atoms with Gasteiger partial charge in [0.2, 0.25) is 5.89 Å². The van der Waals surface area contributed by atoms with Crippen molar-refractivity contribution in [3.05, 3.63) is 11.7 Å². The first-order chi connectivity index (χ1) is 6.90. The van der Waals surface area contributed by atoms with Crippen LogP contribution in [-0.4, -0.2) is 29.9 Å². The summed E-state index contributed by atoms with van der Waals surface area (Å²) in [5.74, 6) is 1.43. The Kier molecular flexibility index (Phi) is 3.10. The molecule has 1 unspecified atom stereocenters. The molecule has 0 radical (unpaired) electrons. The third-order valence-electron chi connectivity index (χ3n) is 2.18. The molecule has 1 aromatic heterocycles. The Bertz CT molecular complexity index is 281. The van der Waals surface area contributed by atoms with Gasteiger partial charge in [0.05, 0.1) is 13.2 Å². The van der Waals surface area contributed by atoms with Crippen LogP contribution in [0.25, 0.3) is 0 Å². The highest BCUT2D eigenvalue weighted by atomic mass is 16.5. The van der Waals surface area contributed by atoms with Crippen LogP contribution in [-0.2, 0) is 11.2 Å². The minimum Gasteiger partial charge on any atom is -0.378 e. The summed E-state index contributed by atoms with van der Waals surface area (Å²) in [5.41, 5.74) is 0. The molecule has 1 aromatic rings. The first kappa shape index (κ1) is 9.61. The van der Waals surface area contributed by atoms with E-state index in [1.165, 1.54) is 0 Å². The van der Waals surface area contributed by atoms with Crippen LogP contribution in [0, 0.1) is 0 Å². The second-order valence-corrected chi connectivity index (χ2v) is 3.38. The van der Waals surface area contributed by atoms with Gasteiger partial charge in [0.25, 0.3) is 0 Å². The molecule has 14 heavy (non-hydrogen) atoms. The topological polar surface area (TPSA) is 60.2 Å². The second kappa shape index (κ2) is 4.52. The number of hydrogen-bond acceptors (Lipinski definition) is 5. The van der Waals surface area contributed by atoms with E-state index in [0.717, 1.165) is 31.8 Å². The molecule has 0 saturated carbocycles. The number of nitrogens with one attached hydrogen (secondary N) is 1. The molecule has 1 saturated heterocycles. The molecule has 0 amide bonds. The van der Waals surface area contributed by atoms with Crippen molar-refractivity contribution in [2.75, 3.05) is 19.8 Å². The lowest BCUT2D eigenvalue weighted by Gasteiger charge is -2.20. The van der Waals surface area contributed by atoms with E-state index >= 15 is 0 Å². The van der Waals surface area contributed by atoms with E-state index in [1.807, 2.05) is 0 Å². The zero-order chi connectivity index (χ0) is 9.80. The fourth-order valence-electron chi connectivity index (χ4n) is 1.46. The fourth-order valence-corrected chi connectivity index (χ4v) is 1.46. The van der Waals surface area contributed by atoms with Crippen molar-refractivity contribution in [2.45, 2.75) is 25.8 Å². The molecule has 1 fully saturated rings. The Morgan fingerprint density at radius 2 is 2.50 bits per heavy atom. The maximum atomic E-state index is 5.32. The van der Waals surface area contributed by atoms with E-state index in [1.54, 1.807) is 0 Å². The molecule has 0 spiro atoms. The minimum absolute atomic E-state index is 0.0712. The van der Waals surface area contributed by atoms with Crippen molar-refractivity contribution < 1.29 is 9.26 Å². The van der Waals surface area contributed by atoms with Crippen LogP contribution in [0.4, 0.5) is 0 Å². The molecular weight excluding hydrogens is 182 g/mol. The molecule has 0 aromatic carbocycles. The van der Waals surface area contributed by atoms with Crippen molar-refractivity contribution in [3.63, 3.8) is 0 Å². The lowest BCUT2D eigenvalue weighted by atomic mass is 10.3. The standard InChI is InChI=1S/C9H15N3O2/c1-2-3-8-11-9(14-12-8)7-6-13-5-4-10-7/h7,10H,2-6H2,1H3. The summed E-state index contributed by atoms with van der Waals surface area (Å²) >= 11 is 0. The molecule has 1 atom stereocenters. The average molecular weight is 197 g/mol. The molecule has 1 aliphatic rings. The van der Waals surface area contributed by atoms with E-state index in [-0.39, 0.29) is 6.04 Å². The van der Waals surface area contributed by atoms with E-state index < -0.39 is 0 Å². The van der Waals surface area contributed by atoms with Gasteiger partial charge >= 0.3 is 0 Å². The normalized spacial score (nSPS) is 22.5. The van der Waals surface area contributed by atoms with Gasteiger partial charge in [-0.2, -0.15) is 4.98 Å². The van der Waals surface area contributed by atoms with E-state index in [0.29, 0.717) is 12.5 Å². The largest absolute Gasteiger partial charge is 0.378 e. The highest BCUT2D eigenvalue weighted by molar-refractivity contribution is 4.94. The van der Waals surface area contributed by atoms with Crippen molar-refractivity contribution >= 4 is 0 Å². The van der Waals surface area contributed by atoms with Crippen molar-refractivity contribution in [1.82, 2.24) is 15.5 Å². The van der Waals surface area contributed by atoms with Gasteiger partial charge in [0.15, 0.2) is 5.82 Å². The van der Waals surface area contributed by atoms with Crippen LogP contribution in [0.15, 0.2) is 4.52 Å². The number of rotatable bonds is 3. The van der Waals surface area contributed by atoms with Gasteiger partial charge in [-0.05, 0) is 6.42 Å². The predicted molar refractivity (Wildman–Crippen MR) is 49.9 cm³/mol. The summed E-state index contributed by atoms with van der Waals surface area (Å²) in [6.07, 6.45) is 1.91. The van der Waals surface area contributed by atoms with Crippen LogP contribution in [0.2, 0.25) is 0 Å². The van der Waals surface area contributed by atoms with Crippen LogP contribution < -0.4 is 5.32 Å². The highest BCUT2D eigenvalue weighted by Crippen LogP contribution is 2.13. The second-order valence-electron chi connectivity index (χ2n) is 3.38. The van der Waals surface area contributed by atoms with Crippen LogP contribution >= 0.6 is 0 Å². The van der Waals surface area contributed by atoms with Crippen LogP contribution in [0.5, 0.6) is 0 Å². The average Bonchev–Trinajstić information content (AvgIpc) is 2.68. The third-order valence-corrected chi connectivity index (χ3v) is 2.18. The third kappa shape index (κ3) is 2.10. The molecular formula is C9H15N3O2. The number of hydrogen-bond donors (Lipinski definition) is 1. The Balaban J connectivity index is 2.00. The zero-order valence-electron chi connectivity index (χ0n) is 8.32. The summed E-state index contributed by atoms with van der Waals surface area (Å²) in [4.78, 5) is 4.30. The number of morpholine rings is 1. The number of aryl methyl sites for hydroxylation is 1. The SMILES string of the molecule is CCCc1noc(C2COCCN2)n1. The fraction of sp³-hybridized carbons (Fsp3) is 0.778. The maximum Gasteiger partial charge on any atom is 0.246 e. The summed E-state index contributed by atoms with van der Waals surface area (Å²) in [5, 5.41) is 7.17. The van der Waals surface area contributed by atoms with Crippen LogP contribution in [0.3, 0.4) is 0 Å². The van der Waals surface area contributed by atoms with Crippen LogP contribution in [0.1, 0.15) is 31.1 Å². The van der Waals surface area contributed by atoms with E-state index in [2.05, 4.69) is 22.4 Å².